The zero-order valence-corrected chi connectivity index (χ0v) is 25.5. The number of nitrogens with one attached hydrogen (secondary N) is 2. The lowest BCUT2D eigenvalue weighted by atomic mass is 9.91. The predicted octanol–water partition coefficient (Wildman–Crippen LogP) is 5.38. The molecule has 0 bridgehead atoms. The monoisotopic (exact) mass is 594 g/mol. The summed E-state index contributed by atoms with van der Waals surface area (Å²) < 4.78 is 16.6. The van der Waals surface area contributed by atoms with Gasteiger partial charge in [0.2, 0.25) is 0 Å². The number of imidazole rings is 1. The van der Waals surface area contributed by atoms with E-state index >= 15 is 0 Å². The summed E-state index contributed by atoms with van der Waals surface area (Å²) in [4.78, 5) is 15.6. The topological polar surface area (TPSA) is 122 Å². The van der Waals surface area contributed by atoms with Gasteiger partial charge in [-0.25, -0.2) is 9.98 Å². The van der Waals surface area contributed by atoms with E-state index in [1.807, 2.05) is 42.5 Å². The number of fused-ring (bicyclic) bond motifs is 2. The number of hydrogen-bond donors (Lipinski definition) is 3. The first-order valence-electron chi connectivity index (χ1n) is 15.7. The van der Waals surface area contributed by atoms with E-state index in [-0.39, 0.29) is 0 Å². The lowest BCUT2D eigenvalue weighted by Crippen LogP contribution is -2.19. The van der Waals surface area contributed by atoms with Gasteiger partial charge in [-0.1, -0.05) is 18.2 Å². The summed E-state index contributed by atoms with van der Waals surface area (Å²) in [5.41, 5.74) is 13.4. The average molecular weight is 595 g/mol. The highest BCUT2D eigenvalue weighted by Gasteiger charge is 2.24. The SMILES string of the molecule is CN1CCCC(Cc2ccc3c(c2)N=C(c2ccc4nc(-c5ccc(OCCOCCOCCN)cc5)[nH]c4c2)C3=N)CC1. The van der Waals surface area contributed by atoms with Crippen LogP contribution in [0.25, 0.3) is 22.4 Å². The number of likely N-dealkylation sites (tertiary alicyclic amines) is 1. The number of rotatable bonds is 13. The highest BCUT2D eigenvalue weighted by molar-refractivity contribution is 6.56. The number of aromatic amines is 1. The van der Waals surface area contributed by atoms with Crippen molar-refractivity contribution in [2.45, 2.75) is 25.7 Å². The molecule has 0 aliphatic carbocycles. The third kappa shape index (κ3) is 7.25. The standard InChI is InChI=1S/C35H42N6O3/c1-41-14-2-3-24(12-15-41)21-25-4-10-29-31(22-25)38-34(33(29)37)27-7-11-30-32(23-27)40-35(39-30)26-5-8-28(9-6-26)44-20-19-43-18-17-42-16-13-36/h4-11,22-24,37H,2-3,12-21,36H2,1H3,(H,39,40). The van der Waals surface area contributed by atoms with Crippen molar-refractivity contribution in [2.24, 2.45) is 16.6 Å². The molecule has 0 amide bonds. The summed E-state index contributed by atoms with van der Waals surface area (Å²) >= 11 is 0. The Morgan fingerprint density at radius 3 is 2.55 bits per heavy atom. The fourth-order valence-electron chi connectivity index (χ4n) is 5.99. The minimum Gasteiger partial charge on any atom is -0.491 e. The predicted molar refractivity (Wildman–Crippen MR) is 176 cm³/mol. The molecule has 3 heterocycles. The van der Waals surface area contributed by atoms with Gasteiger partial charge in [-0.2, -0.15) is 0 Å². The van der Waals surface area contributed by atoms with Gasteiger partial charge in [-0.05, 0) is 99.8 Å². The lowest BCUT2D eigenvalue weighted by Gasteiger charge is -2.15. The molecule has 1 saturated heterocycles. The van der Waals surface area contributed by atoms with Crippen LogP contribution in [0.1, 0.15) is 36.0 Å². The molecule has 230 valence electrons. The van der Waals surface area contributed by atoms with Crippen molar-refractivity contribution in [3.05, 3.63) is 77.4 Å². The minimum absolute atomic E-state index is 0.464. The van der Waals surface area contributed by atoms with Crippen LogP contribution in [0.4, 0.5) is 5.69 Å². The van der Waals surface area contributed by atoms with Gasteiger partial charge in [-0.3, -0.25) is 5.41 Å². The van der Waals surface area contributed by atoms with Gasteiger partial charge in [0.05, 0.1) is 54.6 Å². The van der Waals surface area contributed by atoms with Gasteiger partial charge < -0.3 is 29.8 Å². The Morgan fingerprint density at radius 2 is 1.70 bits per heavy atom. The molecule has 1 fully saturated rings. The number of nitrogens with zero attached hydrogens (tertiary/aromatic N) is 3. The molecule has 4 aromatic rings. The maximum absolute atomic E-state index is 8.88. The number of ether oxygens (including phenoxy) is 3. The smallest absolute Gasteiger partial charge is 0.138 e. The number of benzene rings is 3. The second-order valence-corrected chi connectivity index (χ2v) is 11.7. The zero-order chi connectivity index (χ0) is 30.3. The van der Waals surface area contributed by atoms with E-state index in [0.29, 0.717) is 56.9 Å². The molecular weight excluding hydrogens is 552 g/mol. The van der Waals surface area contributed by atoms with Crippen LogP contribution >= 0.6 is 0 Å². The Hall–Kier alpha value is -3.89. The van der Waals surface area contributed by atoms with Crippen molar-refractivity contribution in [1.82, 2.24) is 14.9 Å². The van der Waals surface area contributed by atoms with Crippen LogP contribution < -0.4 is 10.5 Å². The first kappa shape index (κ1) is 30.1. The van der Waals surface area contributed by atoms with Crippen LogP contribution in [0.2, 0.25) is 0 Å². The largest absolute Gasteiger partial charge is 0.491 e. The normalized spacial score (nSPS) is 17.1. The first-order chi connectivity index (χ1) is 21.6. The summed E-state index contributed by atoms with van der Waals surface area (Å²) in [6.45, 7) is 5.45. The van der Waals surface area contributed by atoms with Crippen LogP contribution in [0.15, 0.2) is 65.7 Å². The maximum Gasteiger partial charge on any atom is 0.138 e. The van der Waals surface area contributed by atoms with E-state index < -0.39 is 0 Å². The molecule has 6 rings (SSSR count). The fourth-order valence-corrected chi connectivity index (χ4v) is 5.99. The molecule has 1 aromatic heterocycles. The Bertz CT molecular complexity index is 1610. The summed E-state index contributed by atoms with van der Waals surface area (Å²) in [7, 11) is 2.22. The number of H-pyrrole nitrogens is 1. The lowest BCUT2D eigenvalue weighted by molar-refractivity contribution is 0.0388. The van der Waals surface area contributed by atoms with Crippen molar-refractivity contribution >= 4 is 28.1 Å². The summed E-state index contributed by atoms with van der Waals surface area (Å²) in [5.74, 6) is 2.27. The van der Waals surface area contributed by atoms with Crippen molar-refractivity contribution in [2.75, 3.05) is 59.7 Å². The summed E-state index contributed by atoms with van der Waals surface area (Å²) in [6.07, 6.45) is 4.86. The van der Waals surface area contributed by atoms with Crippen molar-refractivity contribution in [3.63, 3.8) is 0 Å². The Balaban J connectivity index is 1.09. The van der Waals surface area contributed by atoms with Gasteiger partial charge in [0.15, 0.2) is 0 Å². The highest BCUT2D eigenvalue weighted by atomic mass is 16.5. The van der Waals surface area contributed by atoms with E-state index in [1.54, 1.807) is 0 Å². The van der Waals surface area contributed by atoms with E-state index in [2.05, 4.69) is 35.1 Å². The molecule has 0 saturated carbocycles. The van der Waals surface area contributed by atoms with Crippen molar-refractivity contribution in [3.8, 4) is 17.1 Å². The summed E-state index contributed by atoms with van der Waals surface area (Å²) in [6, 6.07) is 20.4. The van der Waals surface area contributed by atoms with Crippen LogP contribution in [0.5, 0.6) is 5.75 Å². The average Bonchev–Trinajstić information content (AvgIpc) is 3.54. The van der Waals surface area contributed by atoms with Crippen LogP contribution in [0, 0.1) is 11.3 Å². The molecule has 9 heteroatoms. The molecule has 1 atom stereocenters. The number of nitrogens with two attached hydrogens (primary N) is 1. The van der Waals surface area contributed by atoms with Crippen LogP contribution in [-0.4, -0.2) is 86.0 Å². The van der Waals surface area contributed by atoms with Crippen LogP contribution in [-0.2, 0) is 15.9 Å². The van der Waals surface area contributed by atoms with Crippen molar-refractivity contribution in [1.29, 1.82) is 5.41 Å². The molecule has 9 nitrogen and oxygen atoms in total. The van der Waals surface area contributed by atoms with E-state index in [1.165, 1.54) is 37.9 Å². The van der Waals surface area contributed by atoms with Crippen LogP contribution in [0.3, 0.4) is 0 Å². The number of aromatic nitrogens is 2. The Kier molecular flexibility index (Phi) is 9.77. The van der Waals surface area contributed by atoms with Gasteiger partial charge in [-0.15, -0.1) is 0 Å². The Labute approximate surface area is 259 Å². The maximum atomic E-state index is 8.88. The van der Waals surface area contributed by atoms with E-state index in [9.17, 15) is 0 Å². The van der Waals surface area contributed by atoms with Gasteiger partial charge in [0.25, 0.3) is 0 Å². The van der Waals surface area contributed by atoms with Crippen molar-refractivity contribution < 1.29 is 14.2 Å². The van der Waals surface area contributed by atoms with E-state index in [4.69, 9.17) is 35.3 Å². The second kappa shape index (κ2) is 14.3. The molecule has 2 aliphatic rings. The van der Waals surface area contributed by atoms with Gasteiger partial charge in [0.1, 0.15) is 18.2 Å². The van der Waals surface area contributed by atoms with Gasteiger partial charge in [0, 0.05) is 23.2 Å². The second-order valence-electron chi connectivity index (χ2n) is 11.7. The molecule has 4 N–H and O–H groups in total. The zero-order valence-electron chi connectivity index (χ0n) is 25.5. The minimum atomic E-state index is 0.464. The number of aliphatic imine (C=N–C) groups is 1. The fraction of sp³-hybridized carbons (Fsp3) is 0.400. The first-order valence-corrected chi connectivity index (χ1v) is 15.7. The molecule has 0 spiro atoms. The number of hydrogen-bond acceptors (Lipinski definition) is 8. The van der Waals surface area contributed by atoms with Gasteiger partial charge >= 0.3 is 0 Å². The molecule has 0 radical (unpaired) electrons. The highest BCUT2D eigenvalue weighted by Crippen LogP contribution is 2.33. The third-order valence-electron chi connectivity index (χ3n) is 8.41. The molecular formula is C35H42N6O3. The van der Waals surface area contributed by atoms with E-state index in [0.717, 1.165) is 51.4 Å². The quantitative estimate of drug-likeness (QED) is 0.179. The molecule has 1 unspecified atom stereocenters. The molecule has 3 aromatic carbocycles. The molecule has 2 aliphatic heterocycles. The Morgan fingerprint density at radius 1 is 0.909 bits per heavy atom. The third-order valence-corrected chi connectivity index (χ3v) is 8.41. The molecule has 44 heavy (non-hydrogen) atoms. The summed E-state index contributed by atoms with van der Waals surface area (Å²) in [5, 5.41) is 8.88.